The second-order valence-corrected chi connectivity index (χ2v) is 15.6. The van der Waals surface area contributed by atoms with Gasteiger partial charge in [-0.2, -0.15) is 0 Å². The van der Waals surface area contributed by atoms with E-state index in [1.54, 1.807) is 0 Å². The minimum Gasteiger partial charge on any atom is -0.462 e. The van der Waals surface area contributed by atoms with Crippen molar-refractivity contribution in [3.8, 4) is 0 Å². The molecule has 0 radical (unpaired) electrons. The van der Waals surface area contributed by atoms with E-state index in [2.05, 4.69) is 81.5 Å². The first kappa shape index (κ1) is 54.1. The normalized spacial score (nSPS) is 12.5. The Balaban J connectivity index is 4.40. The van der Waals surface area contributed by atoms with E-state index in [1.807, 2.05) is 0 Å². The number of hydrogen-bond acceptors (Lipinski definition) is 6. The Bertz CT molecular complexity index is 1050. The molecule has 0 amide bonds. The van der Waals surface area contributed by atoms with E-state index in [-0.39, 0.29) is 31.1 Å². The summed E-state index contributed by atoms with van der Waals surface area (Å²) in [6.45, 7) is 6.44. The molecule has 6 nitrogen and oxygen atoms in total. The first-order chi connectivity index (χ1) is 28.0. The summed E-state index contributed by atoms with van der Waals surface area (Å²) in [7, 11) is 0. The Labute approximate surface area is 351 Å². The smallest absolute Gasteiger partial charge is 0.306 e. The van der Waals surface area contributed by atoms with Crippen molar-refractivity contribution in [1.29, 1.82) is 0 Å². The van der Waals surface area contributed by atoms with Crippen LogP contribution in [0.4, 0.5) is 0 Å². The van der Waals surface area contributed by atoms with Gasteiger partial charge < -0.3 is 14.2 Å². The molecular weight excluding hydrogens is 709 g/mol. The van der Waals surface area contributed by atoms with Crippen molar-refractivity contribution in [1.82, 2.24) is 0 Å². The van der Waals surface area contributed by atoms with Gasteiger partial charge >= 0.3 is 17.9 Å². The molecule has 0 rings (SSSR count). The number of carbonyl (C=O) groups excluding carboxylic acids is 3. The minimum atomic E-state index is -0.784. The molecule has 0 aromatic carbocycles. The van der Waals surface area contributed by atoms with Gasteiger partial charge in [0.05, 0.1) is 0 Å². The van der Waals surface area contributed by atoms with Crippen molar-refractivity contribution in [3.63, 3.8) is 0 Å². The predicted octanol–water partition coefficient (Wildman–Crippen LogP) is 15.3. The maximum absolute atomic E-state index is 12.7. The lowest BCUT2D eigenvalue weighted by Crippen LogP contribution is -2.30. The summed E-state index contributed by atoms with van der Waals surface area (Å²) >= 11 is 0. The number of carbonyl (C=O) groups is 3. The summed E-state index contributed by atoms with van der Waals surface area (Å²) in [6, 6.07) is 0. The van der Waals surface area contributed by atoms with E-state index < -0.39 is 6.10 Å². The Morgan fingerprint density at radius 2 is 0.702 bits per heavy atom. The zero-order chi connectivity index (χ0) is 41.5. The summed E-state index contributed by atoms with van der Waals surface area (Å²) in [5, 5.41) is 0. The van der Waals surface area contributed by atoms with Gasteiger partial charge in [0.1, 0.15) is 13.2 Å². The molecule has 0 spiro atoms. The van der Waals surface area contributed by atoms with E-state index in [9.17, 15) is 14.4 Å². The predicted molar refractivity (Wildman–Crippen MR) is 242 cm³/mol. The second kappa shape index (κ2) is 45.8. The molecule has 0 saturated heterocycles. The van der Waals surface area contributed by atoms with Gasteiger partial charge in [-0.1, -0.05) is 191 Å². The molecular formula is C51H88O6. The summed E-state index contributed by atoms with van der Waals surface area (Å²) in [4.78, 5) is 37.8. The molecule has 0 saturated carbocycles. The molecule has 1 atom stereocenters. The molecule has 0 bridgehead atoms. The Morgan fingerprint density at radius 3 is 1.14 bits per heavy atom. The maximum atomic E-state index is 12.7. The molecule has 0 aromatic rings. The number of rotatable bonds is 42. The lowest BCUT2D eigenvalue weighted by molar-refractivity contribution is -0.167. The van der Waals surface area contributed by atoms with Crippen LogP contribution in [0.3, 0.4) is 0 Å². The van der Waals surface area contributed by atoms with Crippen LogP contribution in [-0.4, -0.2) is 37.2 Å². The van der Waals surface area contributed by atoms with Crippen molar-refractivity contribution < 1.29 is 28.6 Å². The highest BCUT2D eigenvalue weighted by molar-refractivity contribution is 5.71. The number of hydrogen-bond donors (Lipinski definition) is 0. The summed E-state index contributed by atoms with van der Waals surface area (Å²) < 4.78 is 16.7. The third kappa shape index (κ3) is 44.1. The molecule has 0 fully saturated rings. The average Bonchev–Trinajstić information content (AvgIpc) is 3.21. The van der Waals surface area contributed by atoms with E-state index in [0.29, 0.717) is 19.3 Å². The van der Waals surface area contributed by atoms with E-state index in [0.717, 1.165) is 109 Å². The number of allylic oxidation sites excluding steroid dienone is 10. The third-order valence-electron chi connectivity index (χ3n) is 10.0. The van der Waals surface area contributed by atoms with Crippen LogP contribution in [0.5, 0.6) is 0 Å². The monoisotopic (exact) mass is 797 g/mol. The molecule has 0 aliphatic rings. The Kier molecular flexibility index (Phi) is 43.5. The molecule has 0 aliphatic carbocycles. The van der Waals surface area contributed by atoms with Gasteiger partial charge in [-0.3, -0.25) is 14.4 Å². The quantitative estimate of drug-likeness (QED) is 0.0265. The van der Waals surface area contributed by atoms with Crippen LogP contribution in [0.2, 0.25) is 0 Å². The fraction of sp³-hybridized carbons (Fsp3) is 0.745. The Morgan fingerprint density at radius 1 is 0.368 bits per heavy atom. The van der Waals surface area contributed by atoms with Gasteiger partial charge in [0.15, 0.2) is 6.10 Å². The van der Waals surface area contributed by atoms with Gasteiger partial charge in [0.25, 0.3) is 0 Å². The molecule has 0 aromatic heterocycles. The van der Waals surface area contributed by atoms with Crippen LogP contribution in [0.15, 0.2) is 60.8 Å². The second-order valence-electron chi connectivity index (χ2n) is 15.6. The van der Waals surface area contributed by atoms with Gasteiger partial charge in [0.2, 0.25) is 0 Å². The molecule has 0 aliphatic heterocycles. The zero-order valence-electron chi connectivity index (χ0n) is 37.3. The van der Waals surface area contributed by atoms with Crippen molar-refractivity contribution in [2.75, 3.05) is 13.2 Å². The minimum absolute atomic E-state index is 0.0844. The van der Waals surface area contributed by atoms with Gasteiger partial charge in [-0.05, 0) is 77.0 Å². The first-order valence-electron chi connectivity index (χ1n) is 23.8. The summed E-state index contributed by atoms with van der Waals surface area (Å²) in [5.41, 5.74) is 0. The van der Waals surface area contributed by atoms with Crippen molar-refractivity contribution in [3.05, 3.63) is 60.8 Å². The SMILES string of the molecule is CC/C=C\C/C=C\C/C=C\C/C=C\CCCCCCC(=O)OCC(COC(=O)CCCCCCCCCCCCC)OC(=O)CCCCCCC/C=C\CCCC. The van der Waals surface area contributed by atoms with Gasteiger partial charge in [-0.15, -0.1) is 0 Å². The first-order valence-corrected chi connectivity index (χ1v) is 23.8. The van der Waals surface area contributed by atoms with Crippen LogP contribution in [-0.2, 0) is 28.6 Å². The van der Waals surface area contributed by atoms with Crippen LogP contribution in [0.1, 0.15) is 226 Å². The zero-order valence-corrected chi connectivity index (χ0v) is 37.3. The molecule has 0 N–H and O–H groups in total. The van der Waals surface area contributed by atoms with Crippen LogP contribution >= 0.6 is 0 Å². The van der Waals surface area contributed by atoms with Crippen molar-refractivity contribution in [2.45, 2.75) is 232 Å². The Hall–Kier alpha value is -2.89. The van der Waals surface area contributed by atoms with Crippen molar-refractivity contribution in [2.24, 2.45) is 0 Å². The lowest BCUT2D eigenvalue weighted by atomic mass is 10.1. The maximum Gasteiger partial charge on any atom is 0.306 e. The molecule has 0 heterocycles. The number of unbranched alkanes of at least 4 members (excludes halogenated alkanes) is 21. The molecule has 6 heteroatoms. The van der Waals surface area contributed by atoms with Crippen LogP contribution in [0.25, 0.3) is 0 Å². The highest BCUT2D eigenvalue weighted by Crippen LogP contribution is 2.14. The van der Waals surface area contributed by atoms with Gasteiger partial charge in [0, 0.05) is 19.3 Å². The van der Waals surface area contributed by atoms with Crippen LogP contribution < -0.4 is 0 Å². The lowest BCUT2D eigenvalue weighted by Gasteiger charge is -2.18. The third-order valence-corrected chi connectivity index (χ3v) is 10.0. The van der Waals surface area contributed by atoms with Crippen molar-refractivity contribution >= 4 is 17.9 Å². The highest BCUT2D eigenvalue weighted by Gasteiger charge is 2.19. The van der Waals surface area contributed by atoms with E-state index in [1.165, 1.54) is 77.0 Å². The highest BCUT2D eigenvalue weighted by atomic mass is 16.6. The summed E-state index contributed by atoms with van der Waals surface area (Å²) in [6.07, 6.45) is 54.8. The average molecular weight is 797 g/mol. The van der Waals surface area contributed by atoms with E-state index in [4.69, 9.17) is 14.2 Å². The fourth-order valence-electron chi connectivity index (χ4n) is 6.41. The molecule has 57 heavy (non-hydrogen) atoms. The van der Waals surface area contributed by atoms with Gasteiger partial charge in [-0.25, -0.2) is 0 Å². The number of ether oxygens (including phenoxy) is 3. The topological polar surface area (TPSA) is 78.9 Å². The number of esters is 3. The van der Waals surface area contributed by atoms with Crippen LogP contribution in [0, 0.1) is 0 Å². The standard InChI is InChI=1S/C51H88O6/c1-4-7-10-13-16-19-22-23-24-25-26-27-30-32-35-38-41-44-50(53)56-47-48(57-51(54)45-42-39-36-33-29-21-18-15-12-9-6-3)46-55-49(52)43-40-37-34-31-28-20-17-14-11-8-5-2/h7,10,15-16,18-19,23-24,26-27,48H,4-6,8-9,11-14,17,20-22,25,28-47H2,1-3H3/b10-7-,18-15-,19-16-,24-23-,27-26-. The molecule has 328 valence electrons. The fourth-order valence-corrected chi connectivity index (χ4v) is 6.41. The van der Waals surface area contributed by atoms with E-state index >= 15 is 0 Å². The summed E-state index contributed by atoms with van der Waals surface area (Å²) in [5.74, 6) is -0.921. The molecule has 1 unspecified atom stereocenters. The largest absolute Gasteiger partial charge is 0.462 e.